The molecule has 5 nitrogen and oxygen atoms in total. The van der Waals surface area contributed by atoms with Gasteiger partial charge in [-0.05, 0) is 67.1 Å². The maximum atomic E-state index is 5.33. The summed E-state index contributed by atoms with van der Waals surface area (Å²) in [4.78, 5) is 0. The van der Waals surface area contributed by atoms with Gasteiger partial charge in [0, 0.05) is 6.04 Å². The maximum Gasteiger partial charge on any atom is 0.187 e. The zero-order valence-corrected chi connectivity index (χ0v) is 14.4. The van der Waals surface area contributed by atoms with Crippen molar-refractivity contribution in [2.75, 3.05) is 14.2 Å². The fourth-order valence-electron chi connectivity index (χ4n) is 3.72. The average molecular weight is 333 g/mol. The molecule has 2 N–H and O–H groups in total. The number of ether oxygens (including phenoxy) is 2. The van der Waals surface area contributed by atoms with E-state index < -0.39 is 0 Å². The van der Waals surface area contributed by atoms with Crippen LogP contribution in [0, 0.1) is 11.8 Å². The van der Waals surface area contributed by atoms with Crippen molar-refractivity contribution in [1.29, 1.82) is 0 Å². The van der Waals surface area contributed by atoms with Gasteiger partial charge in [-0.25, -0.2) is 0 Å². The molecule has 2 fully saturated rings. The summed E-state index contributed by atoms with van der Waals surface area (Å²) >= 11 is 5.33. The van der Waals surface area contributed by atoms with E-state index in [-0.39, 0.29) is 0 Å². The molecular weight excluding hydrogens is 310 g/mol. The van der Waals surface area contributed by atoms with E-state index in [1.54, 1.807) is 20.4 Å². The lowest BCUT2D eigenvalue weighted by Crippen LogP contribution is -2.42. The number of nitrogens with one attached hydrogen (secondary N) is 2. The summed E-state index contributed by atoms with van der Waals surface area (Å²) in [5.41, 5.74) is 3.82. The fraction of sp³-hybridized carbons (Fsp3) is 0.529. The average Bonchev–Trinajstić information content (AvgIpc) is 3.17. The summed E-state index contributed by atoms with van der Waals surface area (Å²) in [5, 5.41) is 8.20. The molecule has 0 saturated heterocycles. The topological polar surface area (TPSA) is 54.9 Å². The summed E-state index contributed by atoms with van der Waals surface area (Å²) < 4.78 is 10.5. The zero-order chi connectivity index (χ0) is 16.2. The molecule has 0 aliphatic heterocycles. The van der Waals surface area contributed by atoms with Crippen molar-refractivity contribution in [2.24, 2.45) is 16.9 Å². The minimum absolute atomic E-state index is 0.519. The van der Waals surface area contributed by atoms with Crippen molar-refractivity contribution < 1.29 is 9.47 Å². The third-order valence-electron chi connectivity index (χ3n) is 4.84. The highest BCUT2D eigenvalue weighted by Gasteiger charge is 2.39. The summed E-state index contributed by atoms with van der Waals surface area (Å²) in [5.74, 6) is 3.07. The van der Waals surface area contributed by atoms with E-state index in [4.69, 9.17) is 21.7 Å². The highest BCUT2D eigenvalue weighted by molar-refractivity contribution is 7.80. The second-order valence-corrected chi connectivity index (χ2v) is 6.65. The first kappa shape index (κ1) is 16.1. The molecule has 0 spiro atoms. The Morgan fingerprint density at radius 1 is 1.22 bits per heavy atom. The molecule has 0 amide bonds. The van der Waals surface area contributed by atoms with Gasteiger partial charge < -0.3 is 14.8 Å². The van der Waals surface area contributed by atoms with Crippen LogP contribution in [0.25, 0.3) is 0 Å². The number of hydrogen-bond donors (Lipinski definition) is 2. The van der Waals surface area contributed by atoms with E-state index in [0.717, 1.165) is 17.4 Å². The van der Waals surface area contributed by atoms with Crippen LogP contribution >= 0.6 is 12.2 Å². The second kappa shape index (κ2) is 7.17. The van der Waals surface area contributed by atoms with Crippen LogP contribution in [-0.2, 0) is 0 Å². The summed E-state index contributed by atoms with van der Waals surface area (Å²) in [7, 11) is 3.23. The van der Waals surface area contributed by atoms with Crippen LogP contribution in [0.4, 0.5) is 0 Å². The van der Waals surface area contributed by atoms with Crippen LogP contribution < -0.4 is 20.2 Å². The smallest absolute Gasteiger partial charge is 0.187 e. The van der Waals surface area contributed by atoms with Gasteiger partial charge in [-0.15, -0.1) is 0 Å². The van der Waals surface area contributed by atoms with E-state index in [1.165, 1.54) is 25.7 Å². The lowest BCUT2D eigenvalue weighted by Gasteiger charge is -2.23. The first-order chi connectivity index (χ1) is 11.2. The largest absolute Gasteiger partial charge is 0.493 e. The number of hydrazone groups is 1. The number of methoxy groups -OCH3 is 2. The van der Waals surface area contributed by atoms with Gasteiger partial charge in [-0.3, -0.25) is 5.43 Å². The number of nitrogens with zero attached hydrogens (tertiary/aromatic N) is 1. The van der Waals surface area contributed by atoms with Crippen LogP contribution in [-0.4, -0.2) is 31.6 Å². The third-order valence-corrected chi connectivity index (χ3v) is 5.05. The SMILES string of the molecule is COc1ccc(/C=N\NC(=S)N[C@H]2C[C@H]3CC[C@@H]2C3)cc1OC. The number of rotatable bonds is 5. The van der Waals surface area contributed by atoms with Crippen LogP contribution in [0.1, 0.15) is 31.2 Å². The predicted octanol–water partition coefficient (Wildman–Crippen LogP) is 2.69. The highest BCUT2D eigenvalue weighted by atomic mass is 32.1. The minimum Gasteiger partial charge on any atom is -0.493 e. The van der Waals surface area contributed by atoms with Gasteiger partial charge in [0.05, 0.1) is 20.4 Å². The van der Waals surface area contributed by atoms with Crippen molar-refractivity contribution in [2.45, 2.75) is 31.7 Å². The van der Waals surface area contributed by atoms with Crippen molar-refractivity contribution >= 4 is 23.5 Å². The Morgan fingerprint density at radius 3 is 2.70 bits per heavy atom. The van der Waals surface area contributed by atoms with Crippen molar-refractivity contribution in [3.63, 3.8) is 0 Å². The molecule has 2 aliphatic rings. The van der Waals surface area contributed by atoms with Gasteiger partial charge in [0.1, 0.15) is 0 Å². The van der Waals surface area contributed by atoms with Crippen molar-refractivity contribution in [3.8, 4) is 11.5 Å². The normalized spacial score (nSPS) is 25.6. The molecule has 3 atom stereocenters. The number of thiocarbonyl (C=S) groups is 1. The van der Waals surface area contributed by atoms with Gasteiger partial charge in [0.25, 0.3) is 0 Å². The first-order valence-corrected chi connectivity index (χ1v) is 8.42. The minimum atomic E-state index is 0.519. The van der Waals surface area contributed by atoms with Crippen LogP contribution in [0.5, 0.6) is 11.5 Å². The maximum absolute atomic E-state index is 5.33. The molecule has 23 heavy (non-hydrogen) atoms. The van der Waals surface area contributed by atoms with E-state index in [1.807, 2.05) is 18.2 Å². The number of hydrogen-bond acceptors (Lipinski definition) is 4. The standard InChI is InChI=1S/C17H23N3O2S/c1-21-15-6-4-12(9-16(15)22-2)10-18-20-17(23)19-14-8-11-3-5-13(14)7-11/h4,6,9-11,13-14H,3,5,7-8H2,1-2H3,(H2,19,20,23)/b18-10-/t11-,13+,14-/m0/s1. The van der Waals surface area contributed by atoms with Crippen LogP contribution in [0.2, 0.25) is 0 Å². The van der Waals surface area contributed by atoms with Crippen LogP contribution in [0.15, 0.2) is 23.3 Å². The molecule has 3 rings (SSSR count). The number of fused-ring (bicyclic) bond motifs is 2. The Hall–Kier alpha value is -1.82. The van der Waals surface area contributed by atoms with Gasteiger partial charge in [-0.2, -0.15) is 5.10 Å². The molecule has 2 bridgehead atoms. The van der Waals surface area contributed by atoms with Crippen molar-refractivity contribution in [1.82, 2.24) is 10.7 Å². The number of benzene rings is 1. The molecule has 1 aromatic carbocycles. The van der Waals surface area contributed by atoms with Crippen molar-refractivity contribution in [3.05, 3.63) is 23.8 Å². The van der Waals surface area contributed by atoms with Gasteiger partial charge >= 0.3 is 0 Å². The molecule has 124 valence electrons. The summed E-state index contributed by atoms with van der Waals surface area (Å²) in [6.07, 6.45) is 7.04. The second-order valence-electron chi connectivity index (χ2n) is 6.24. The molecule has 1 aromatic rings. The first-order valence-electron chi connectivity index (χ1n) is 8.01. The Morgan fingerprint density at radius 2 is 2.04 bits per heavy atom. The fourth-order valence-corrected chi connectivity index (χ4v) is 3.92. The monoisotopic (exact) mass is 333 g/mol. The van der Waals surface area contributed by atoms with Gasteiger partial charge in [0.2, 0.25) is 0 Å². The van der Waals surface area contributed by atoms with E-state index in [2.05, 4.69) is 15.8 Å². The highest BCUT2D eigenvalue weighted by Crippen LogP contribution is 2.44. The van der Waals surface area contributed by atoms with Gasteiger partial charge in [0.15, 0.2) is 16.6 Å². The Kier molecular flexibility index (Phi) is 5.00. The van der Waals surface area contributed by atoms with E-state index in [0.29, 0.717) is 22.7 Å². The Balaban J connectivity index is 1.51. The summed E-state index contributed by atoms with van der Waals surface area (Å²) in [6, 6.07) is 6.16. The van der Waals surface area contributed by atoms with E-state index in [9.17, 15) is 0 Å². The molecule has 6 heteroatoms. The zero-order valence-electron chi connectivity index (χ0n) is 13.5. The molecule has 2 aliphatic carbocycles. The Labute approximate surface area is 142 Å². The third kappa shape index (κ3) is 3.75. The van der Waals surface area contributed by atoms with Gasteiger partial charge in [-0.1, -0.05) is 6.42 Å². The lowest BCUT2D eigenvalue weighted by atomic mass is 9.96. The predicted molar refractivity (Wildman–Crippen MR) is 95.2 cm³/mol. The molecule has 0 unspecified atom stereocenters. The van der Waals surface area contributed by atoms with E-state index >= 15 is 0 Å². The summed E-state index contributed by atoms with van der Waals surface area (Å²) in [6.45, 7) is 0. The molecular formula is C17H23N3O2S. The lowest BCUT2D eigenvalue weighted by molar-refractivity contribution is 0.355. The van der Waals surface area contributed by atoms with Crippen LogP contribution in [0.3, 0.4) is 0 Å². The Bertz CT molecular complexity index is 606. The quantitative estimate of drug-likeness (QED) is 0.493. The molecule has 0 radical (unpaired) electrons. The molecule has 0 heterocycles. The molecule has 0 aromatic heterocycles. The molecule has 2 saturated carbocycles.